The lowest BCUT2D eigenvalue weighted by molar-refractivity contribution is 0.0785. The van der Waals surface area contributed by atoms with Gasteiger partial charge in [-0.15, -0.1) is 0 Å². The van der Waals surface area contributed by atoms with Gasteiger partial charge in [-0.2, -0.15) is 0 Å². The minimum absolute atomic E-state index is 0.707. The van der Waals surface area contributed by atoms with Crippen molar-refractivity contribution in [2.75, 3.05) is 13.1 Å². The maximum atomic E-state index is 5.55. The largest absolute Gasteiger partial charge is 0.308 e. The number of nitrogens with two attached hydrogens (primary N) is 1. The summed E-state index contributed by atoms with van der Waals surface area (Å²) in [7, 11) is 0. The lowest BCUT2D eigenvalue weighted by atomic mass is 9.93. The van der Waals surface area contributed by atoms with Crippen LogP contribution in [0.5, 0.6) is 0 Å². The van der Waals surface area contributed by atoms with Crippen LogP contribution < -0.4 is 11.2 Å². The number of hydrazine groups is 1. The standard InChI is InChI=1S/C5H11N3/c6-8-2-4-1-5(3-8)7-4/h4-5,7H,1-3,6H2. The van der Waals surface area contributed by atoms with Crippen LogP contribution in [0.4, 0.5) is 0 Å². The van der Waals surface area contributed by atoms with Gasteiger partial charge in [-0.1, -0.05) is 0 Å². The number of nitrogens with zero attached hydrogens (tertiary/aromatic N) is 1. The fraction of sp³-hybridized carbons (Fsp3) is 1.00. The van der Waals surface area contributed by atoms with E-state index in [1.54, 1.807) is 0 Å². The van der Waals surface area contributed by atoms with E-state index in [0.717, 1.165) is 13.1 Å². The quantitative estimate of drug-likeness (QED) is 0.392. The highest BCUT2D eigenvalue weighted by Gasteiger charge is 2.34. The maximum Gasteiger partial charge on any atom is 0.0284 e. The molecule has 3 heteroatoms. The highest BCUT2D eigenvalue weighted by molar-refractivity contribution is 4.95. The van der Waals surface area contributed by atoms with Crippen molar-refractivity contribution in [1.29, 1.82) is 0 Å². The first kappa shape index (κ1) is 4.73. The van der Waals surface area contributed by atoms with Gasteiger partial charge in [0.15, 0.2) is 0 Å². The minimum Gasteiger partial charge on any atom is -0.308 e. The Bertz CT molecular complexity index is 87.8. The molecule has 46 valence electrons. The van der Waals surface area contributed by atoms with Gasteiger partial charge in [0.05, 0.1) is 0 Å². The van der Waals surface area contributed by atoms with Crippen LogP contribution in [0.2, 0.25) is 0 Å². The van der Waals surface area contributed by atoms with Crippen LogP contribution in [-0.4, -0.2) is 30.2 Å². The van der Waals surface area contributed by atoms with Crippen LogP contribution in [0.25, 0.3) is 0 Å². The van der Waals surface area contributed by atoms with Crippen molar-refractivity contribution in [2.45, 2.75) is 18.5 Å². The Balaban J connectivity index is 1.97. The molecule has 3 aliphatic rings. The van der Waals surface area contributed by atoms with E-state index >= 15 is 0 Å². The molecule has 0 aromatic heterocycles. The predicted molar refractivity (Wildman–Crippen MR) is 31.1 cm³/mol. The fourth-order valence-electron chi connectivity index (χ4n) is 1.55. The number of fused-ring (bicyclic) bond motifs is 2. The molecule has 3 nitrogen and oxygen atoms in total. The summed E-state index contributed by atoms with van der Waals surface area (Å²) in [5.41, 5.74) is 0. The van der Waals surface area contributed by atoms with Crippen LogP contribution in [0.3, 0.4) is 0 Å². The molecule has 0 saturated carbocycles. The fourth-order valence-corrected chi connectivity index (χ4v) is 1.55. The van der Waals surface area contributed by atoms with E-state index in [1.807, 2.05) is 5.01 Å². The molecule has 0 aliphatic carbocycles. The highest BCUT2D eigenvalue weighted by Crippen LogP contribution is 2.17. The lowest BCUT2D eigenvalue weighted by Gasteiger charge is -2.46. The first-order valence-corrected chi connectivity index (χ1v) is 3.10. The normalized spacial score (nSPS) is 46.1. The van der Waals surface area contributed by atoms with Gasteiger partial charge in [-0.3, -0.25) is 5.84 Å². The molecule has 3 rings (SSSR count). The molecule has 0 spiro atoms. The smallest absolute Gasteiger partial charge is 0.0284 e. The molecule has 3 N–H and O–H groups in total. The average molecular weight is 113 g/mol. The number of piperidine rings is 1. The van der Waals surface area contributed by atoms with E-state index in [1.165, 1.54) is 6.42 Å². The van der Waals surface area contributed by atoms with Gasteiger partial charge in [0, 0.05) is 25.2 Å². The van der Waals surface area contributed by atoms with Crippen molar-refractivity contribution in [1.82, 2.24) is 10.3 Å². The van der Waals surface area contributed by atoms with E-state index in [2.05, 4.69) is 5.32 Å². The van der Waals surface area contributed by atoms with Crippen molar-refractivity contribution in [3.8, 4) is 0 Å². The summed E-state index contributed by atoms with van der Waals surface area (Å²) < 4.78 is 0. The van der Waals surface area contributed by atoms with Gasteiger partial charge in [-0.05, 0) is 6.42 Å². The SMILES string of the molecule is NN1CC2CC(C1)N2. The van der Waals surface area contributed by atoms with Crippen LogP contribution in [-0.2, 0) is 0 Å². The van der Waals surface area contributed by atoms with Gasteiger partial charge in [0.2, 0.25) is 0 Å². The average Bonchev–Trinajstić information content (AvgIpc) is 1.62. The Morgan fingerprint density at radius 2 is 1.88 bits per heavy atom. The summed E-state index contributed by atoms with van der Waals surface area (Å²) in [6.45, 7) is 2.08. The summed E-state index contributed by atoms with van der Waals surface area (Å²) in [5, 5.41) is 5.29. The van der Waals surface area contributed by atoms with Crippen molar-refractivity contribution in [2.24, 2.45) is 5.84 Å². The Kier molecular flexibility index (Phi) is 0.848. The second-order valence-electron chi connectivity index (χ2n) is 2.75. The molecule has 3 aliphatic heterocycles. The number of hydrogen-bond donors (Lipinski definition) is 2. The number of nitrogens with one attached hydrogen (secondary N) is 1. The topological polar surface area (TPSA) is 41.3 Å². The van der Waals surface area contributed by atoms with E-state index in [0.29, 0.717) is 12.1 Å². The second-order valence-corrected chi connectivity index (χ2v) is 2.75. The minimum atomic E-state index is 0.707. The van der Waals surface area contributed by atoms with Crippen LogP contribution in [0, 0.1) is 0 Å². The Labute approximate surface area is 48.8 Å². The molecule has 3 heterocycles. The van der Waals surface area contributed by atoms with E-state index < -0.39 is 0 Å². The summed E-state index contributed by atoms with van der Waals surface area (Å²) in [4.78, 5) is 0. The molecule has 0 aromatic rings. The molecule has 2 bridgehead atoms. The second kappa shape index (κ2) is 1.43. The molecule has 3 saturated heterocycles. The number of piperazine rings is 1. The summed E-state index contributed by atoms with van der Waals surface area (Å²) in [6.07, 6.45) is 1.34. The first-order valence-electron chi connectivity index (χ1n) is 3.10. The third kappa shape index (κ3) is 0.555. The van der Waals surface area contributed by atoms with Gasteiger partial charge in [-0.25, -0.2) is 5.01 Å². The van der Waals surface area contributed by atoms with Crippen LogP contribution >= 0.6 is 0 Å². The van der Waals surface area contributed by atoms with Gasteiger partial charge < -0.3 is 5.32 Å². The zero-order valence-electron chi connectivity index (χ0n) is 4.80. The van der Waals surface area contributed by atoms with Gasteiger partial charge in [0.1, 0.15) is 0 Å². The van der Waals surface area contributed by atoms with Crippen molar-refractivity contribution >= 4 is 0 Å². The molecule has 0 aromatic carbocycles. The number of rotatable bonds is 0. The zero-order chi connectivity index (χ0) is 5.56. The third-order valence-corrected chi connectivity index (χ3v) is 1.95. The molecule has 0 radical (unpaired) electrons. The molecule has 2 unspecified atom stereocenters. The Morgan fingerprint density at radius 3 is 2.12 bits per heavy atom. The van der Waals surface area contributed by atoms with Crippen molar-refractivity contribution in [3.63, 3.8) is 0 Å². The maximum absolute atomic E-state index is 5.55. The molecular formula is C5H11N3. The van der Waals surface area contributed by atoms with E-state index in [9.17, 15) is 0 Å². The van der Waals surface area contributed by atoms with E-state index in [4.69, 9.17) is 5.84 Å². The first-order chi connectivity index (χ1) is 3.84. The molecule has 3 fully saturated rings. The van der Waals surface area contributed by atoms with Crippen LogP contribution in [0.1, 0.15) is 6.42 Å². The number of hydrogen-bond acceptors (Lipinski definition) is 3. The van der Waals surface area contributed by atoms with Gasteiger partial charge >= 0.3 is 0 Å². The van der Waals surface area contributed by atoms with Gasteiger partial charge in [0.25, 0.3) is 0 Å². The monoisotopic (exact) mass is 113 g/mol. The summed E-state index contributed by atoms with van der Waals surface area (Å²) >= 11 is 0. The summed E-state index contributed by atoms with van der Waals surface area (Å²) in [5.74, 6) is 5.55. The van der Waals surface area contributed by atoms with E-state index in [-0.39, 0.29) is 0 Å². The Hall–Kier alpha value is -0.120. The molecule has 2 atom stereocenters. The van der Waals surface area contributed by atoms with Crippen molar-refractivity contribution < 1.29 is 0 Å². The molecular weight excluding hydrogens is 102 g/mol. The highest BCUT2D eigenvalue weighted by atomic mass is 15.4. The zero-order valence-corrected chi connectivity index (χ0v) is 4.80. The molecule has 0 amide bonds. The predicted octanol–water partition coefficient (Wildman–Crippen LogP) is -1.09. The lowest BCUT2D eigenvalue weighted by Crippen LogP contribution is -2.68. The van der Waals surface area contributed by atoms with Crippen LogP contribution in [0.15, 0.2) is 0 Å². The summed E-state index contributed by atoms with van der Waals surface area (Å²) in [6, 6.07) is 1.41. The Morgan fingerprint density at radius 1 is 1.38 bits per heavy atom. The third-order valence-electron chi connectivity index (χ3n) is 1.95. The van der Waals surface area contributed by atoms with Crippen molar-refractivity contribution in [3.05, 3.63) is 0 Å². The molecule has 8 heavy (non-hydrogen) atoms.